The number of hydrogen-bond acceptors (Lipinski definition) is 3. The molecule has 22 heavy (non-hydrogen) atoms. The summed E-state index contributed by atoms with van der Waals surface area (Å²) in [5.74, 6) is -0.389. The molecule has 2 aliphatic rings. The molecule has 6 heteroatoms. The van der Waals surface area contributed by atoms with Crippen molar-refractivity contribution in [3.63, 3.8) is 0 Å². The highest BCUT2D eigenvalue weighted by molar-refractivity contribution is 5.89. The Bertz CT molecular complexity index is 587. The lowest BCUT2D eigenvalue weighted by atomic mass is 10.0. The molecule has 0 aromatic heterocycles. The van der Waals surface area contributed by atoms with Crippen molar-refractivity contribution in [2.45, 2.75) is 19.4 Å². The summed E-state index contributed by atoms with van der Waals surface area (Å²) in [6.45, 7) is 3.95. The molecular formula is C16H19FN2O3. The average Bonchev–Trinajstić information content (AvgIpc) is 2.84. The lowest BCUT2D eigenvalue weighted by Crippen LogP contribution is -2.57. The summed E-state index contributed by atoms with van der Waals surface area (Å²) in [5.41, 5.74) is 0. The molecule has 3 rings (SSSR count). The third kappa shape index (κ3) is 2.77. The molecule has 0 radical (unpaired) electrons. The zero-order valence-corrected chi connectivity index (χ0v) is 12.5. The van der Waals surface area contributed by atoms with Crippen LogP contribution in [0.15, 0.2) is 24.3 Å². The predicted molar refractivity (Wildman–Crippen MR) is 77.8 cm³/mol. The Morgan fingerprint density at radius 1 is 1.32 bits per heavy atom. The summed E-state index contributed by atoms with van der Waals surface area (Å²) < 4.78 is 19.0. The lowest BCUT2D eigenvalue weighted by Gasteiger charge is -2.40. The number of nitrogens with zero attached hydrogens (tertiary/aromatic N) is 2. The van der Waals surface area contributed by atoms with Crippen LogP contribution < -0.4 is 4.74 Å². The van der Waals surface area contributed by atoms with Gasteiger partial charge in [-0.25, -0.2) is 4.39 Å². The third-order valence-electron chi connectivity index (χ3n) is 4.24. The lowest BCUT2D eigenvalue weighted by molar-refractivity contribution is -0.144. The maximum atomic E-state index is 13.5. The number of rotatable bonds is 4. The van der Waals surface area contributed by atoms with Gasteiger partial charge in [-0.1, -0.05) is 12.1 Å². The predicted octanol–water partition coefficient (Wildman–Crippen LogP) is 1.28. The minimum Gasteiger partial charge on any atom is -0.484 e. The number of likely N-dealkylation sites (tertiary alicyclic amines) is 2. The molecule has 2 aliphatic heterocycles. The van der Waals surface area contributed by atoms with E-state index in [4.69, 9.17) is 4.74 Å². The number of ether oxygens (including phenoxy) is 1. The standard InChI is InChI=1S/C16H19FN2O3/c1-2-18-8-11(7-15(18)20)16(21)19-9-12(10-19)22-14-6-4-3-5-13(14)17/h3-6,11-12H,2,7-10H2,1H3/t11-/m0/s1. The SMILES string of the molecule is CCN1C[C@@H](C(=O)N2CC(Oc3ccccc3F)C2)CC1=O. The van der Waals surface area contributed by atoms with E-state index in [1.807, 2.05) is 6.92 Å². The molecule has 2 saturated heterocycles. The molecule has 1 atom stereocenters. The molecule has 0 spiro atoms. The molecule has 0 unspecified atom stereocenters. The molecule has 2 heterocycles. The Labute approximate surface area is 128 Å². The number of hydrogen-bond donors (Lipinski definition) is 0. The van der Waals surface area contributed by atoms with E-state index in [0.717, 1.165) is 0 Å². The second-order valence-electron chi connectivity index (χ2n) is 5.75. The topological polar surface area (TPSA) is 49.9 Å². The van der Waals surface area contributed by atoms with Crippen molar-refractivity contribution in [2.75, 3.05) is 26.2 Å². The van der Waals surface area contributed by atoms with Gasteiger partial charge in [-0.15, -0.1) is 0 Å². The van der Waals surface area contributed by atoms with Gasteiger partial charge in [0, 0.05) is 19.5 Å². The summed E-state index contributed by atoms with van der Waals surface area (Å²) in [6.07, 6.45) is 0.113. The van der Waals surface area contributed by atoms with Crippen LogP contribution >= 0.6 is 0 Å². The number of halogens is 1. The summed E-state index contributed by atoms with van der Waals surface area (Å²) >= 11 is 0. The molecule has 1 aromatic carbocycles. The molecule has 2 fully saturated rings. The van der Waals surface area contributed by atoms with Gasteiger partial charge in [0.15, 0.2) is 11.6 Å². The van der Waals surface area contributed by atoms with Crippen LogP contribution in [0.25, 0.3) is 0 Å². The van der Waals surface area contributed by atoms with Gasteiger partial charge in [0.05, 0.1) is 19.0 Å². The summed E-state index contributed by atoms with van der Waals surface area (Å²) in [6, 6.07) is 6.24. The molecule has 2 amide bonds. The summed E-state index contributed by atoms with van der Waals surface area (Å²) in [5, 5.41) is 0. The van der Waals surface area contributed by atoms with E-state index in [2.05, 4.69) is 0 Å². The first-order valence-corrected chi connectivity index (χ1v) is 7.56. The Hall–Kier alpha value is -2.11. The Morgan fingerprint density at radius 3 is 2.68 bits per heavy atom. The highest BCUT2D eigenvalue weighted by Crippen LogP contribution is 2.25. The first-order chi connectivity index (χ1) is 10.6. The Kier molecular flexibility index (Phi) is 4.00. The second kappa shape index (κ2) is 5.94. The van der Waals surface area contributed by atoms with Crippen LogP contribution in [-0.4, -0.2) is 53.9 Å². The Morgan fingerprint density at radius 2 is 2.05 bits per heavy atom. The van der Waals surface area contributed by atoms with E-state index in [-0.39, 0.29) is 29.6 Å². The van der Waals surface area contributed by atoms with Gasteiger partial charge in [-0.05, 0) is 19.1 Å². The van der Waals surface area contributed by atoms with E-state index in [1.54, 1.807) is 28.0 Å². The van der Waals surface area contributed by atoms with Crippen molar-refractivity contribution in [3.8, 4) is 5.75 Å². The minimum absolute atomic E-state index is 0.00214. The average molecular weight is 306 g/mol. The minimum atomic E-state index is -0.396. The van der Waals surface area contributed by atoms with Crippen molar-refractivity contribution in [1.82, 2.24) is 9.80 Å². The fraction of sp³-hybridized carbons (Fsp3) is 0.500. The zero-order chi connectivity index (χ0) is 15.7. The highest BCUT2D eigenvalue weighted by Gasteiger charge is 2.40. The number of amides is 2. The van der Waals surface area contributed by atoms with Crippen LogP contribution in [0.4, 0.5) is 4.39 Å². The maximum absolute atomic E-state index is 13.5. The molecule has 5 nitrogen and oxygen atoms in total. The first kappa shape index (κ1) is 14.8. The van der Waals surface area contributed by atoms with Crippen LogP contribution in [0.1, 0.15) is 13.3 Å². The van der Waals surface area contributed by atoms with E-state index in [9.17, 15) is 14.0 Å². The Balaban J connectivity index is 1.50. The van der Waals surface area contributed by atoms with Crippen LogP contribution in [0.5, 0.6) is 5.75 Å². The molecule has 0 saturated carbocycles. The molecule has 0 N–H and O–H groups in total. The van der Waals surface area contributed by atoms with Crippen molar-refractivity contribution < 1.29 is 18.7 Å². The van der Waals surface area contributed by atoms with E-state index >= 15 is 0 Å². The van der Waals surface area contributed by atoms with Gasteiger partial charge >= 0.3 is 0 Å². The zero-order valence-electron chi connectivity index (χ0n) is 12.5. The number of carbonyl (C=O) groups is 2. The smallest absolute Gasteiger partial charge is 0.228 e. The molecule has 0 bridgehead atoms. The molecule has 0 aliphatic carbocycles. The maximum Gasteiger partial charge on any atom is 0.228 e. The molecule has 118 valence electrons. The molecular weight excluding hydrogens is 287 g/mol. The van der Waals surface area contributed by atoms with Crippen LogP contribution in [0.2, 0.25) is 0 Å². The number of benzene rings is 1. The quantitative estimate of drug-likeness (QED) is 0.842. The fourth-order valence-corrected chi connectivity index (χ4v) is 2.91. The fourth-order valence-electron chi connectivity index (χ4n) is 2.91. The van der Waals surface area contributed by atoms with Crippen LogP contribution in [-0.2, 0) is 9.59 Å². The summed E-state index contributed by atoms with van der Waals surface area (Å²) in [7, 11) is 0. The van der Waals surface area contributed by atoms with E-state index < -0.39 is 5.82 Å². The second-order valence-corrected chi connectivity index (χ2v) is 5.75. The summed E-state index contributed by atoms with van der Waals surface area (Å²) in [4.78, 5) is 27.4. The van der Waals surface area contributed by atoms with E-state index in [1.165, 1.54) is 6.07 Å². The van der Waals surface area contributed by atoms with Crippen molar-refractivity contribution >= 4 is 11.8 Å². The van der Waals surface area contributed by atoms with Gasteiger partial charge in [0.1, 0.15) is 6.10 Å². The number of para-hydroxylation sites is 1. The normalized spacial score (nSPS) is 21.9. The van der Waals surface area contributed by atoms with Gasteiger partial charge in [-0.2, -0.15) is 0 Å². The third-order valence-corrected chi connectivity index (χ3v) is 4.24. The first-order valence-electron chi connectivity index (χ1n) is 7.56. The highest BCUT2D eigenvalue weighted by atomic mass is 19.1. The van der Waals surface area contributed by atoms with Gasteiger partial charge in [-0.3, -0.25) is 9.59 Å². The van der Waals surface area contributed by atoms with Gasteiger partial charge in [0.25, 0.3) is 0 Å². The van der Waals surface area contributed by atoms with Crippen LogP contribution in [0.3, 0.4) is 0 Å². The van der Waals surface area contributed by atoms with Gasteiger partial charge < -0.3 is 14.5 Å². The molecule has 1 aromatic rings. The van der Waals surface area contributed by atoms with Gasteiger partial charge in [0.2, 0.25) is 11.8 Å². The number of carbonyl (C=O) groups excluding carboxylic acids is 2. The van der Waals surface area contributed by atoms with Crippen molar-refractivity contribution in [1.29, 1.82) is 0 Å². The van der Waals surface area contributed by atoms with Crippen molar-refractivity contribution in [3.05, 3.63) is 30.1 Å². The van der Waals surface area contributed by atoms with E-state index in [0.29, 0.717) is 32.6 Å². The monoisotopic (exact) mass is 306 g/mol. The largest absolute Gasteiger partial charge is 0.484 e. The van der Waals surface area contributed by atoms with Crippen molar-refractivity contribution in [2.24, 2.45) is 5.92 Å². The van der Waals surface area contributed by atoms with Crippen LogP contribution in [0, 0.1) is 11.7 Å².